The Hall–Kier alpha value is -1.04. The van der Waals surface area contributed by atoms with E-state index in [2.05, 4.69) is 24.8 Å². The van der Waals surface area contributed by atoms with E-state index in [-0.39, 0.29) is 0 Å². The normalized spacial score (nSPS) is 14.1. The molecular weight excluding hydrogens is 132 g/mol. The van der Waals surface area contributed by atoms with E-state index in [0.717, 1.165) is 0 Å². The molecule has 0 rings (SSSR count). The van der Waals surface area contributed by atoms with Crippen LogP contribution in [0.15, 0.2) is 48.1 Å². The fourth-order valence-corrected chi connectivity index (χ4v) is 0.941. The van der Waals surface area contributed by atoms with Gasteiger partial charge in [-0.3, -0.25) is 0 Å². The second kappa shape index (κ2) is 5.72. The first kappa shape index (κ1) is 9.96. The predicted molar refractivity (Wildman–Crippen MR) is 52.5 cm³/mol. The van der Waals surface area contributed by atoms with Crippen molar-refractivity contribution in [2.45, 2.75) is 20.8 Å². The Balaban J connectivity index is 4.64. The Bertz CT molecular complexity index is 202. The van der Waals surface area contributed by atoms with Crippen LogP contribution in [0.3, 0.4) is 0 Å². The van der Waals surface area contributed by atoms with Crippen LogP contribution in [0.1, 0.15) is 20.8 Å². The van der Waals surface area contributed by atoms with Crippen LogP contribution >= 0.6 is 0 Å². The Morgan fingerprint density at radius 3 is 1.82 bits per heavy atom. The van der Waals surface area contributed by atoms with Crippen molar-refractivity contribution in [3.8, 4) is 0 Å². The molecule has 0 aromatic carbocycles. The van der Waals surface area contributed by atoms with Crippen LogP contribution in [0.4, 0.5) is 0 Å². The van der Waals surface area contributed by atoms with Crippen LogP contribution in [0.5, 0.6) is 0 Å². The second-order valence-corrected chi connectivity index (χ2v) is 2.19. The van der Waals surface area contributed by atoms with E-state index in [1.165, 1.54) is 11.1 Å². The molecule has 0 aliphatic rings. The van der Waals surface area contributed by atoms with Gasteiger partial charge in [0, 0.05) is 0 Å². The van der Waals surface area contributed by atoms with E-state index in [9.17, 15) is 0 Å². The average Bonchev–Trinajstić information content (AvgIpc) is 2.05. The Labute approximate surface area is 69.6 Å². The number of hydrogen-bond donors (Lipinski definition) is 0. The van der Waals surface area contributed by atoms with Crippen LogP contribution in [-0.4, -0.2) is 0 Å². The zero-order valence-corrected chi connectivity index (χ0v) is 7.59. The Kier molecular flexibility index (Phi) is 5.18. The first-order chi connectivity index (χ1) is 5.29. The molecule has 0 saturated carbocycles. The molecule has 0 N–H and O–H groups in total. The lowest BCUT2D eigenvalue weighted by atomic mass is 10.1. The topological polar surface area (TPSA) is 0 Å². The molecule has 0 fully saturated rings. The van der Waals surface area contributed by atoms with Crippen molar-refractivity contribution in [2.24, 2.45) is 0 Å². The highest BCUT2D eigenvalue weighted by Gasteiger charge is 1.92. The fourth-order valence-electron chi connectivity index (χ4n) is 0.941. The largest absolute Gasteiger partial charge is 0.0985 e. The van der Waals surface area contributed by atoms with E-state index < -0.39 is 0 Å². The lowest BCUT2D eigenvalue weighted by Gasteiger charge is -1.99. The molecule has 0 aliphatic carbocycles. The molecule has 60 valence electrons. The zero-order valence-electron chi connectivity index (χ0n) is 7.59. The smallest absolute Gasteiger partial charge is 0.0234 e. The highest BCUT2D eigenvalue weighted by Crippen LogP contribution is 2.11. The van der Waals surface area contributed by atoms with Crippen LogP contribution in [0.2, 0.25) is 0 Å². The van der Waals surface area contributed by atoms with Gasteiger partial charge >= 0.3 is 0 Å². The van der Waals surface area contributed by atoms with Gasteiger partial charge in [-0.25, -0.2) is 0 Å². The Morgan fingerprint density at radius 1 is 1.00 bits per heavy atom. The minimum atomic E-state index is 1.19. The maximum atomic E-state index is 3.74. The number of rotatable bonds is 3. The van der Waals surface area contributed by atoms with Gasteiger partial charge in [-0.1, -0.05) is 37.0 Å². The Morgan fingerprint density at radius 2 is 1.55 bits per heavy atom. The third kappa shape index (κ3) is 3.03. The third-order valence-electron chi connectivity index (χ3n) is 1.52. The summed E-state index contributed by atoms with van der Waals surface area (Å²) >= 11 is 0. The standard InChI is InChI=1S/C11H16/c1-5-9-11(8-4)10(6-2)7-3/h5-9H,2H2,1,3-4H3/b9-5-,10-7-,11-8-. The van der Waals surface area contributed by atoms with E-state index >= 15 is 0 Å². The molecule has 0 nitrogen and oxygen atoms in total. The summed E-state index contributed by atoms with van der Waals surface area (Å²) < 4.78 is 0. The minimum absolute atomic E-state index is 1.19. The van der Waals surface area contributed by atoms with Crippen molar-refractivity contribution in [3.05, 3.63) is 48.1 Å². The van der Waals surface area contributed by atoms with E-state index in [4.69, 9.17) is 0 Å². The molecule has 11 heavy (non-hydrogen) atoms. The van der Waals surface area contributed by atoms with Gasteiger partial charge in [0.05, 0.1) is 0 Å². The van der Waals surface area contributed by atoms with Crippen LogP contribution in [0.25, 0.3) is 0 Å². The molecule has 0 spiro atoms. The molecule has 0 heterocycles. The number of allylic oxidation sites excluding steroid dienone is 7. The van der Waals surface area contributed by atoms with Gasteiger partial charge in [0.1, 0.15) is 0 Å². The summed E-state index contributed by atoms with van der Waals surface area (Å²) in [6.45, 7) is 9.80. The van der Waals surface area contributed by atoms with Gasteiger partial charge in [-0.2, -0.15) is 0 Å². The van der Waals surface area contributed by atoms with Crippen LogP contribution < -0.4 is 0 Å². The second-order valence-electron chi connectivity index (χ2n) is 2.19. The quantitative estimate of drug-likeness (QED) is 0.536. The van der Waals surface area contributed by atoms with E-state index in [1.807, 2.05) is 32.9 Å². The van der Waals surface area contributed by atoms with Crippen molar-refractivity contribution in [1.82, 2.24) is 0 Å². The van der Waals surface area contributed by atoms with Gasteiger partial charge in [-0.15, -0.1) is 0 Å². The summed E-state index contributed by atoms with van der Waals surface area (Å²) in [6, 6.07) is 0. The summed E-state index contributed by atoms with van der Waals surface area (Å²) in [5.74, 6) is 0. The fraction of sp³-hybridized carbons (Fsp3) is 0.273. The monoisotopic (exact) mass is 148 g/mol. The van der Waals surface area contributed by atoms with Crippen molar-refractivity contribution >= 4 is 0 Å². The molecule has 0 aliphatic heterocycles. The molecule has 0 saturated heterocycles. The van der Waals surface area contributed by atoms with Crippen LogP contribution in [0, 0.1) is 0 Å². The molecule has 0 heteroatoms. The third-order valence-corrected chi connectivity index (χ3v) is 1.52. The van der Waals surface area contributed by atoms with E-state index in [0.29, 0.717) is 0 Å². The first-order valence-corrected chi connectivity index (χ1v) is 3.88. The first-order valence-electron chi connectivity index (χ1n) is 3.88. The van der Waals surface area contributed by atoms with Crippen molar-refractivity contribution in [3.63, 3.8) is 0 Å². The molecule has 0 atom stereocenters. The lowest BCUT2D eigenvalue weighted by molar-refractivity contribution is 1.46. The molecule has 0 aromatic rings. The van der Waals surface area contributed by atoms with Crippen molar-refractivity contribution in [1.29, 1.82) is 0 Å². The number of hydrogen-bond acceptors (Lipinski definition) is 0. The van der Waals surface area contributed by atoms with Crippen molar-refractivity contribution in [2.75, 3.05) is 0 Å². The molecule has 0 aromatic heterocycles. The van der Waals surface area contributed by atoms with Crippen molar-refractivity contribution < 1.29 is 0 Å². The van der Waals surface area contributed by atoms with Crippen LogP contribution in [-0.2, 0) is 0 Å². The summed E-state index contributed by atoms with van der Waals surface area (Å²) in [5, 5.41) is 0. The minimum Gasteiger partial charge on any atom is -0.0985 e. The molecule has 0 bridgehead atoms. The van der Waals surface area contributed by atoms with Gasteiger partial charge in [0.15, 0.2) is 0 Å². The maximum Gasteiger partial charge on any atom is -0.0234 e. The highest BCUT2D eigenvalue weighted by molar-refractivity contribution is 5.44. The van der Waals surface area contributed by atoms with E-state index in [1.54, 1.807) is 0 Å². The van der Waals surface area contributed by atoms with Gasteiger partial charge < -0.3 is 0 Å². The lowest BCUT2D eigenvalue weighted by Crippen LogP contribution is -1.80. The van der Waals surface area contributed by atoms with Gasteiger partial charge in [-0.05, 0) is 31.9 Å². The predicted octanol–water partition coefficient (Wildman–Crippen LogP) is 3.64. The molecular formula is C11H16. The average molecular weight is 148 g/mol. The summed E-state index contributed by atoms with van der Waals surface area (Å²) in [6.07, 6.45) is 10.1. The van der Waals surface area contributed by atoms with Gasteiger partial charge in [0.25, 0.3) is 0 Å². The highest BCUT2D eigenvalue weighted by atomic mass is 14.0. The molecule has 0 unspecified atom stereocenters. The molecule has 0 radical (unpaired) electrons. The summed E-state index contributed by atoms with van der Waals surface area (Å²) in [5.41, 5.74) is 2.41. The summed E-state index contributed by atoms with van der Waals surface area (Å²) in [4.78, 5) is 0. The maximum absolute atomic E-state index is 3.74. The molecule has 0 amide bonds. The zero-order chi connectivity index (χ0) is 8.69. The SMILES string of the molecule is C=CC(=C/C)/C(/C=C\C)=C\C. The summed E-state index contributed by atoms with van der Waals surface area (Å²) in [7, 11) is 0. The van der Waals surface area contributed by atoms with Gasteiger partial charge in [0.2, 0.25) is 0 Å².